The average molecular weight is 469 g/mol. The third-order valence-corrected chi connectivity index (χ3v) is 6.27. The van der Waals surface area contributed by atoms with E-state index >= 15 is 0 Å². The third kappa shape index (κ3) is 8.94. The Morgan fingerprint density at radius 1 is 0.935 bits per heavy atom. The standard InChI is InChI=1S/C25H35Cl2FN2O/c1-4-6-7-8-11-20(28)17-31-21-15-13-19(14-16-21)25-29-23(26)22(24(27)30-25)12-9-10-18(3)5-2/h13-16,18,20H,4-12,17H2,1-3H3. The molecule has 0 aliphatic carbocycles. The summed E-state index contributed by atoms with van der Waals surface area (Å²) in [5, 5.41) is 0.811. The zero-order valence-corrected chi connectivity index (χ0v) is 20.5. The highest BCUT2D eigenvalue weighted by molar-refractivity contribution is 6.34. The number of unbranched alkanes of at least 4 members (excludes halogenated alkanes) is 3. The van der Waals surface area contributed by atoms with Crippen LogP contribution in [0.2, 0.25) is 10.3 Å². The fourth-order valence-electron chi connectivity index (χ4n) is 3.36. The van der Waals surface area contributed by atoms with Crippen molar-refractivity contribution >= 4 is 23.2 Å². The van der Waals surface area contributed by atoms with E-state index in [4.69, 9.17) is 27.9 Å². The van der Waals surface area contributed by atoms with Crippen LogP contribution in [-0.2, 0) is 6.42 Å². The fraction of sp³-hybridized carbons (Fsp3) is 0.600. The second-order valence-corrected chi connectivity index (χ2v) is 9.01. The fourth-order valence-corrected chi connectivity index (χ4v) is 3.94. The lowest BCUT2D eigenvalue weighted by Gasteiger charge is -2.12. The maximum atomic E-state index is 14.0. The number of aromatic nitrogens is 2. The molecule has 0 aliphatic heterocycles. The lowest BCUT2D eigenvalue weighted by Crippen LogP contribution is -2.12. The van der Waals surface area contributed by atoms with Crippen molar-refractivity contribution in [3.63, 3.8) is 0 Å². The van der Waals surface area contributed by atoms with Crippen LogP contribution in [0.4, 0.5) is 4.39 Å². The van der Waals surface area contributed by atoms with Crippen LogP contribution in [0.3, 0.4) is 0 Å². The molecular formula is C25H35Cl2FN2O. The molecule has 3 nitrogen and oxygen atoms in total. The summed E-state index contributed by atoms with van der Waals surface area (Å²) < 4.78 is 19.6. The van der Waals surface area contributed by atoms with Gasteiger partial charge in [-0.1, -0.05) is 82.5 Å². The summed E-state index contributed by atoms with van der Waals surface area (Å²) in [5.74, 6) is 1.79. The van der Waals surface area contributed by atoms with Crippen LogP contribution in [0.1, 0.15) is 77.7 Å². The first-order valence-electron chi connectivity index (χ1n) is 11.5. The Bertz CT molecular complexity index is 763. The molecule has 2 rings (SSSR count). The summed E-state index contributed by atoms with van der Waals surface area (Å²) in [7, 11) is 0. The molecule has 0 fully saturated rings. The number of rotatable bonds is 14. The van der Waals surface area contributed by atoms with Crippen LogP contribution in [0.15, 0.2) is 24.3 Å². The number of hydrogen-bond acceptors (Lipinski definition) is 3. The largest absolute Gasteiger partial charge is 0.491 e. The lowest BCUT2D eigenvalue weighted by molar-refractivity contribution is 0.184. The van der Waals surface area contributed by atoms with Gasteiger partial charge in [-0.2, -0.15) is 0 Å². The summed E-state index contributed by atoms with van der Waals surface area (Å²) in [5.41, 5.74) is 1.60. The van der Waals surface area contributed by atoms with E-state index in [-0.39, 0.29) is 6.61 Å². The molecule has 172 valence electrons. The van der Waals surface area contributed by atoms with E-state index in [2.05, 4.69) is 30.7 Å². The van der Waals surface area contributed by atoms with Crippen molar-refractivity contribution in [3.05, 3.63) is 40.1 Å². The van der Waals surface area contributed by atoms with Gasteiger partial charge < -0.3 is 4.74 Å². The second kappa shape index (κ2) is 13.9. The topological polar surface area (TPSA) is 35.0 Å². The third-order valence-electron chi connectivity index (χ3n) is 5.64. The molecule has 1 aromatic carbocycles. The first-order chi connectivity index (χ1) is 14.9. The Labute approximate surface area is 196 Å². The van der Waals surface area contributed by atoms with Gasteiger partial charge in [-0.05, 0) is 49.4 Å². The summed E-state index contributed by atoms with van der Waals surface area (Å²) in [4.78, 5) is 8.89. The highest BCUT2D eigenvalue weighted by atomic mass is 35.5. The minimum absolute atomic E-state index is 0.0744. The van der Waals surface area contributed by atoms with Crippen LogP contribution in [-0.4, -0.2) is 22.7 Å². The summed E-state index contributed by atoms with van der Waals surface area (Å²) in [6.45, 7) is 6.67. The van der Waals surface area contributed by atoms with Gasteiger partial charge in [-0.25, -0.2) is 14.4 Å². The summed E-state index contributed by atoms with van der Waals surface area (Å²) in [6, 6.07) is 7.28. The molecule has 0 spiro atoms. The van der Waals surface area contributed by atoms with Crippen LogP contribution in [0.5, 0.6) is 5.75 Å². The Hall–Kier alpha value is -1.39. The first-order valence-corrected chi connectivity index (χ1v) is 12.3. The summed E-state index contributed by atoms with van der Waals surface area (Å²) in [6.07, 6.45) is 7.99. The van der Waals surface area contributed by atoms with Gasteiger partial charge in [0.15, 0.2) is 5.82 Å². The zero-order valence-electron chi connectivity index (χ0n) is 19.0. The number of nitrogens with zero attached hydrogens (tertiary/aromatic N) is 2. The zero-order chi connectivity index (χ0) is 22.6. The molecule has 2 atom stereocenters. The van der Waals surface area contributed by atoms with Crippen molar-refractivity contribution in [1.29, 1.82) is 0 Å². The number of benzene rings is 1. The van der Waals surface area contributed by atoms with Gasteiger partial charge in [0.1, 0.15) is 28.8 Å². The molecule has 0 saturated heterocycles. The van der Waals surface area contributed by atoms with Gasteiger partial charge in [-0.15, -0.1) is 0 Å². The van der Waals surface area contributed by atoms with E-state index in [1.165, 1.54) is 6.42 Å². The quantitative estimate of drug-likeness (QED) is 0.205. The monoisotopic (exact) mass is 468 g/mol. The Morgan fingerprint density at radius 2 is 1.61 bits per heavy atom. The minimum atomic E-state index is -0.940. The molecule has 0 bridgehead atoms. The molecule has 2 aromatic rings. The van der Waals surface area contributed by atoms with E-state index in [0.29, 0.717) is 34.2 Å². The minimum Gasteiger partial charge on any atom is -0.491 e. The van der Waals surface area contributed by atoms with Crippen LogP contribution in [0.25, 0.3) is 11.4 Å². The lowest BCUT2D eigenvalue weighted by atomic mass is 10.00. The number of hydrogen-bond donors (Lipinski definition) is 0. The normalized spacial score (nSPS) is 13.2. The second-order valence-electron chi connectivity index (χ2n) is 8.30. The maximum Gasteiger partial charge on any atom is 0.162 e. The molecule has 31 heavy (non-hydrogen) atoms. The van der Waals surface area contributed by atoms with Crippen LogP contribution >= 0.6 is 23.2 Å². The van der Waals surface area contributed by atoms with Crippen molar-refractivity contribution in [2.45, 2.75) is 84.7 Å². The first kappa shape index (κ1) is 25.9. The van der Waals surface area contributed by atoms with Crippen molar-refractivity contribution in [2.75, 3.05) is 6.61 Å². The number of ether oxygens (including phenoxy) is 1. The molecule has 1 heterocycles. The Morgan fingerprint density at radius 3 is 2.23 bits per heavy atom. The van der Waals surface area contributed by atoms with Crippen molar-refractivity contribution in [1.82, 2.24) is 9.97 Å². The van der Waals surface area contributed by atoms with Gasteiger partial charge in [-0.3, -0.25) is 0 Å². The van der Waals surface area contributed by atoms with Crippen molar-refractivity contribution in [3.8, 4) is 17.1 Å². The maximum absolute atomic E-state index is 14.0. The average Bonchev–Trinajstić information content (AvgIpc) is 2.77. The SMILES string of the molecule is CCCCCCC(F)COc1ccc(-c2nc(Cl)c(CCCC(C)CC)c(Cl)n2)cc1. The number of halogens is 3. The van der Waals surface area contributed by atoms with Crippen LogP contribution in [0, 0.1) is 5.92 Å². The van der Waals surface area contributed by atoms with E-state index in [9.17, 15) is 4.39 Å². The van der Waals surface area contributed by atoms with Crippen molar-refractivity contribution < 1.29 is 9.13 Å². The smallest absolute Gasteiger partial charge is 0.162 e. The summed E-state index contributed by atoms with van der Waals surface area (Å²) >= 11 is 12.8. The molecule has 0 radical (unpaired) electrons. The van der Waals surface area contributed by atoms with E-state index < -0.39 is 6.17 Å². The van der Waals surface area contributed by atoms with E-state index in [1.54, 1.807) is 12.1 Å². The van der Waals surface area contributed by atoms with Crippen molar-refractivity contribution in [2.24, 2.45) is 5.92 Å². The molecule has 0 amide bonds. The van der Waals surface area contributed by atoms with Gasteiger partial charge in [0, 0.05) is 11.1 Å². The van der Waals surface area contributed by atoms with Crippen LogP contribution < -0.4 is 4.74 Å². The van der Waals surface area contributed by atoms with E-state index in [1.807, 2.05) is 12.1 Å². The molecule has 0 N–H and O–H groups in total. The Kier molecular flexibility index (Phi) is 11.6. The van der Waals surface area contributed by atoms with Gasteiger partial charge in [0.25, 0.3) is 0 Å². The highest BCUT2D eigenvalue weighted by Gasteiger charge is 2.14. The molecule has 0 aliphatic rings. The van der Waals surface area contributed by atoms with Gasteiger partial charge in [0.2, 0.25) is 0 Å². The van der Waals surface area contributed by atoms with Gasteiger partial charge in [0.05, 0.1) is 0 Å². The predicted molar refractivity (Wildman–Crippen MR) is 129 cm³/mol. The molecular weight excluding hydrogens is 434 g/mol. The van der Waals surface area contributed by atoms with E-state index in [0.717, 1.165) is 56.1 Å². The molecule has 6 heteroatoms. The highest BCUT2D eigenvalue weighted by Crippen LogP contribution is 2.28. The molecule has 0 saturated carbocycles. The number of alkyl halides is 1. The molecule has 2 unspecified atom stereocenters. The van der Waals surface area contributed by atoms with Gasteiger partial charge >= 0.3 is 0 Å². The predicted octanol–water partition coefficient (Wildman–Crippen LogP) is 8.51. The Balaban J connectivity index is 1.91. The molecule has 1 aromatic heterocycles.